The maximum absolute atomic E-state index is 11.7. The first-order valence-corrected chi connectivity index (χ1v) is 6.29. The van der Waals surface area contributed by atoms with Gasteiger partial charge in [-0.1, -0.05) is 6.07 Å². The molecule has 3 N–H and O–H groups in total. The minimum atomic E-state index is -1.05. The number of hydrogen-bond acceptors (Lipinski definition) is 4. The van der Waals surface area contributed by atoms with Crippen molar-refractivity contribution in [1.82, 2.24) is 15.6 Å². The standard InChI is InChI=1S/C13H17N3O3/c1-8(12(17)16-9-5-6-9)14-7-10-3-2-4-11(15-10)13(18)19/h2-4,8-9,14H,5-7H2,1H3,(H,16,17)(H,18,19). The highest BCUT2D eigenvalue weighted by Crippen LogP contribution is 2.18. The van der Waals surface area contributed by atoms with Gasteiger partial charge >= 0.3 is 5.97 Å². The summed E-state index contributed by atoms with van der Waals surface area (Å²) in [7, 11) is 0. The van der Waals surface area contributed by atoms with Crippen LogP contribution in [-0.4, -0.2) is 34.1 Å². The highest BCUT2D eigenvalue weighted by atomic mass is 16.4. The number of aromatic carboxylic acids is 1. The fourth-order valence-electron chi connectivity index (χ4n) is 1.60. The third-order valence-electron chi connectivity index (χ3n) is 2.93. The van der Waals surface area contributed by atoms with E-state index in [1.54, 1.807) is 19.1 Å². The fourth-order valence-corrected chi connectivity index (χ4v) is 1.60. The van der Waals surface area contributed by atoms with Crippen LogP contribution in [0.4, 0.5) is 0 Å². The molecule has 6 heteroatoms. The van der Waals surface area contributed by atoms with Gasteiger partial charge < -0.3 is 15.7 Å². The first-order chi connectivity index (χ1) is 9.06. The van der Waals surface area contributed by atoms with Crippen LogP contribution in [0.1, 0.15) is 35.9 Å². The van der Waals surface area contributed by atoms with E-state index in [2.05, 4.69) is 15.6 Å². The van der Waals surface area contributed by atoms with E-state index < -0.39 is 5.97 Å². The van der Waals surface area contributed by atoms with Crippen molar-refractivity contribution in [2.75, 3.05) is 0 Å². The molecule has 0 bridgehead atoms. The van der Waals surface area contributed by atoms with Gasteiger partial charge in [0.05, 0.1) is 11.7 Å². The number of pyridine rings is 1. The number of carbonyl (C=O) groups excluding carboxylic acids is 1. The molecule has 1 fully saturated rings. The first kappa shape index (κ1) is 13.5. The van der Waals surface area contributed by atoms with Crippen molar-refractivity contribution in [2.24, 2.45) is 0 Å². The van der Waals surface area contributed by atoms with Crippen molar-refractivity contribution in [3.05, 3.63) is 29.6 Å². The van der Waals surface area contributed by atoms with E-state index in [0.29, 0.717) is 18.3 Å². The molecule has 0 aromatic carbocycles. The van der Waals surface area contributed by atoms with Crippen LogP contribution in [0.3, 0.4) is 0 Å². The molecule has 1 unspecified atom stereocenters. The molecule has 0 aliphatic heterocycles. The zero-order valence-electron chi connectivity index (χ0n) is 10.7. The van der Waals surface area contributed by atoms with Gasteiger partial charge in [0, 0.05) is 12.6 Å². The second kappa shape index (κ2) is 5.79. The minimum absolute atomic E-state index is 0.00869. The lowest BCUT2D eigenvalue weighted by Crippen LogP contribution is -2.42. The molecular weight excluding hydrogens is 246 g/mol. The van der Waals surface area contributed by atoms with E-state index in [1.165, 1.54) is 6.07 Å². The lowest BCUT2D eigenvalue weighted by Gasteiger charge is -2.13. The number of carbonyl (C=O) groups is 2. The lowest BCUT2D eigenvalue weighted by molar-refractivity contribution is -0.122. The highest BCUT2D eigenvalue weighted by molar-refractivity contribution is 5.85. The van der Waals surface area contributed by atoms with Gasteiger partial charge in [0.2, 0.25) is 5.91 Å². The van der Waals surface area contributed by atoms with Gasteiger partial charge in [-0.3, -0.25) is 4.79 Å². The van der Waals surface area contributed by atoms with E-state index in [0.717, 1.165) is 12.8 Å². The molecule has 6 nitrogen and oxygen atoms in total. The van der Waals surface area contributed by atoms with Gasteiger partial charge in [-0.2, -0.15) is 0 Å². The van der Waals surface area contributed by atoms with Crippen LogP contribution in [0.5, 0.6) is 0 Å². The van der Waals surface area contributed by atoms with E-state index in [-0.39, 0.29) is 17.6 Å². The van der Waals surface area contributed by atoms with Crippen molar-refractivity contribution in [2.45, 2.75) is 38.4 Å². The number of nitrogens with zero attached hydrogens (tertiary/aromatic N) is 1. The Morgan fingerprint density at radius 2 is 2.21 bits per heavy atom. The molecule has 19 heavy (non-hydrogen) atoms. The van der Waals surface area contributed by atoms with Gasteiger partial charge in [0.1, 0.15) is 5.69 Å². The predicted molar refractivity (Wildman–Crippen MR) is 68.7 cm³/mol. The maximum atomic E-state index is 11.7. The lowest BCUT2D eigenvalue weighted by atomic mass is 10.2. The summed E-state index contributed by atoms with van der Waals surface area (Å²) in [6.45, 7) is 2.14. The zero-order valence-corrected chi connectivity index (χ0v) is 10.7. The van der Waals surface area contributed by atoms with E-state index in [9.17, 15) is 9.59 Å². The maximum Gasteiger partial charge on any atom is 0.354 e. The average Bonchev–Trinajstić information content (AvgIpc) is 3.20. The van der Waals surface area contributed by atoms with Crippen molar-refractivity contribution in [1.29, 1.82) is 0 Å². The van der Waals surface area contributed by atoms with Crippen LogP contribution in [0.25, 0.3) is 0 Å². The molecule has 1 amide bonds. The molecule has 1 aromatic rings. The minimum Gasteiger partial charge on any atom is -0.477 e. The highest BCUT2D eigenvalue weighted by Gasteiger charge is 2.25. The largest absolute Gasteiger partial charge is 0.477 e. The molecular formula is C13H17N3O3. The van der Waals surface area contributed by atoms with Crippen molar-refractivity contribution in [3.63, 3.8) is 0 Å². The summed E-state index contributed by atoms with van der Waals surface area (Å²) in [6, 6.07) is 4.82. The molecule has 0 radical (unpaired) electrons. The second-order valence-electron chi connectivity index (χ2n) is 4.70. The Balaban J connectivity index is 1.85. The molecule has 1 atom stereocenters. The summed E-state index contributed by atoms with van der Waals surface area (Å²) in [4.78, 5) is 26.5. The van der Waals surface area contributed by atoms with Crippen LogP contribution in [-0.2, 0) is 11.3 Å². The number of hydrogen-bond donors (Lipinski definition) is 3. The number of amides is 1. The van der Waals surface area contributed by atoms with Crippen molar-refractivity contribution >= 4 is 11.9 Å². The number of carboxylic acid groups (broad SMARTS) is 1. The number of nitrogens with one attached hydrogen (secondary N) is 2. The summed E-state index contributed by atoms with van der Waals surface area (Å²) >= 11 is 0. The van der Waals surface area contributed by atoms with Crippen LogP contribution in [0.15, 0.2) is 18.2 Å². The van der Waals surface area contributed by atoms with Gasteiger partial charge in [0.25, 0.3) is 0 Å². The van der Waals surface area contributed by atoms with Crippen LogP contribution < -0.4 is 10.6 Å². The Hall–Kier alpha value is -1.95. The number of carboxylic acids is 1. The average molecular weight is 263 g/mol. The van der Waals surface area contributed by atoms with Crippen LogP contribution in [0.2, 0.25) is 0 Å². The van der Waals surface area contributed by atoms with Gasteiger partial charge in [-0.05, 0) is 31.9 Å². The smallest absolute Gasteiger partial charge is 0.354 e. The Morgan fingerprint density at radius 3 is 2.84 bits per heavy atom. The molecule has 1 saturated carbocycles. The van der Waals surface area contributed by atoms with Crippen LogP contribution >= 0.6 is 0 Å². The monoisotopic (exact) mass is 263 g/mol. The summed E-state index contributed by atoms with van der Waals surface area (Å²) in [5, 5.41) is 14.8. The van der Waals surface area contributed by atoms with Crippen molar-refractivity contribution in [3.8, 4) is 0 Å². The quantitative estimate of drug-likeness (QED) is 0.696. The van der Waals surface area contributed by atoms with Gasteiger partial charge in [-0.15, -0.1) is 0 Å². The normalized spacial score (nSPS) is 15.8. The summed E-state index contributed by atoms with van der Waals surface area (Å²) in [6.07, 6.45) is 2.11. The molecule has 1 aliphatic carbocycles. The Bertz CT molecular complexity index is 486. The Labute approximate surface area is 111 Å². The molecule has 102 valence electrons. The summed E-state index contributed by atoms with van der Waals surface area (Å²) in [5.74, 6) is -1.08. The van der Waals surface area contributed by atoms with E-state index >= 15 is 0 Å². The molecule has 0 saturated heterocycles. The fraction of sp³-hybridized carbons (Fsp3) is 0.462. The number of rotatable bonds is 6. The topological polar surface area (TPSA) is 91.3 Å². The van der Waals surface area contributed by atoms with Gasteiger partial charge in [0.15, 0.2) is 0 Å². The second-order valence-corrected chi connectivity index (χ2v) is 4.70. The SMILES string of the molecule is CC(NCc1cccc(C(=O)O)n1)C(=O)NC1CC1. The summed E-state index contributed by atoms with van der Waals surface area (Å²) < 4.78 is 0. The molecule has 1 aliphatic rings. The van der Waals surface area contributed by atoms with E-state index in [1.807, 2.05) is 0 Å². The molecule has 0 spiro atoms. The zero-order chi connectivity index (χ0) is 13.8. The van der Waals surface area contributed by atoms with Crippen LogP contribution in [0, 0.1) is 0 Å². The molecule has 1 aromatic heterocycles. The first-order valence-electron chi connectivity index (χ1n) is 6.29. The third-order valence-corrected chi connectivity index (χ3v) is 2.93. The molecule has 1 heterocycles. The Kier molecular flexibility index (Phi) is 4.11. The molecule has 2 rings (SSSR count). The summed E-state index contributed by atoms with van der Waals surface area (Å²) in [5.41, 5.74) is 0.611. The van der Waals surface area contributed by atoms with E-state index in [4.69, 9.17) is 5.11 Å². The predicted octanol–water partition coefficient (Wildman–Crippen LogP) is 0.536. The Morgan fingerprint density at radius 1 is 1.47 bits per heavy atom. The van der Waals surface area contributed by atoms with Crippen molar-refractivity contribution < 1.29 is 14.7 Å². The number of aromatic nitrogens is 1. The third kappa shape index (κ3) is 4.03. The van der Waals surface area contributed by atoms with Gasteiger partial charge in [-0.25, -0.2) is 9.78 Å².